The average molecular weight is 323 g/mol. The van der Waals surface area contributed by atoms with Crippen molar-refractivity contribution in [2.45, 2.75) is 44.9 Å². The Bertz CT molecular complexity index is 644. The highest BCUT2D eigenvalue weighted by Crippen LogP contribution is 2.21. The Balaban J connectivity index is 1.91. The second-order valence-electron chi connectivity index (χ2n) is 6.09. The van der Waals surface area contributed by atoms with E-state index in [1.807, 2.05) is 39.8 Å². The Kier molecular flexibility index (Phi) is 4.90. The minimum absolute atomic E-state index is 0.00233. The standard InChI is InChI=1S/C14H21N5O2S/c1-10-6-7-11(21-10)8-18(5)12(20)9-22-13-15-16-17-19(13)14(2,3)4/h6-7H,8-9H2,1-5H3. The van der Waals surface area contributed by atoms with Crippen LogP contribution in [0.25, 0.3) is 0 Å². The van der Waals surface area contributed by atoms with E-state index in [4.69, 9.17) is 4.42 Å². The summed E-state index contributed by atoms with van der Waals surface area (Å²) < 4.78 is 7.20. The second kappa shape index (κ2) is 6.51. The van der Waals surface area contributed by atoms with Gasteiger partial charge in [-0.05, 0) is 50.3 Å². The minimum Gasteiger partial charge on any atom is -0.464 e. The summed E-state index contributed by atoms with van der Waals surface area (Å²) in [6.07, 6.45) is 0. The maximum absolute atomic E-state index is 12.2. The highest BCUT2D eigenvalue weighted by atomic mass is 32.2. The molecule has 22 heavy (non-hydrogen) atoms. The SMILES string of the molecule is Cc1ccc(CN(C)C(=O)CSc2nnnn2C(C)(C)C)o1. The largest absolute Gasteiger partial charge is 0.464 e. The van der Waals surface area contributed by atoms with E-state index in [0.717, 1.165) is 11.5 Å². The van der Waals surface area contributed by atoms with Crippen molar-refractivity contribution in [3.05, 3.63) is 23.7 Å². The fourth-order valence-electron chi connectivity index (χ4n) is 1.82. The zero-order valence-corrected chi connectivity index (χ0v) is 14.3. The number of rotatable bonds is 5. The third-order valence-electron chi connectivity index (χ3n) is 3.02. The quantitative estimate of drug-likeness (QED) is 0.784. The van der Waals surface area contributed by atoms with Crippen LogP contribution in [-0.4, -0.2) is 43.8 Å². The van der Waals surface area contributed by atoms with Gasteiger partial charge >= 0.3 is 0 Å². The Morgan fingerprint density at radius 3 is 2.73 bits per heavy atom. The van der Waals surface area contributed by atoms with E-state index in [1.165, 1.54) is 11.8 Å². The van der Waals surface area contributed by atoms with E-state index < -0.39 is 0 Å². The van der Waals surface area contributed by atoms with Gasteiger partial charge in [0.1, 0.15) is 11.5 Å². The molecule has 0 spiro atoms. The molecule has 0 saturated heterocycles. The lowest BCUT2D eigenvalue weighted by Gasteiger charge is -2.20. The topological polar surface area (TPSA) is 77.1 Å². The molecule has 0 unspecified atom stereocenters. The van der Waals surface area contributed by atoms with Gasteiger partial charge in [-0.1, -0.05) is 11.8 Å². The van der Waals surface area contributed by atoms with Crippen LogP contribution in [0.3, 0.4) is 0 Å². The first-order valence-corrected chi connectivity index (χ1v) is 7.97. The summed E-state index contributed by atoms with van der Waals surface area (Å²) in [5.74, 6) is 1.90. The maximum atomic E-state index is 12.2. The van der Waals surface area contributed by atoms with E-state index in [-0.39, 0.29) is 17.2 Å². The van der Waals surface area contributed by atoms with Crippen LogP contribution < -0.4 is 0 Å². The summed E-state index contributed by atoms with van der Waals surface area (Å²) in [5, 5.41) is 12.3. The highest BCUT2D eigenvalue weighted by molar-refractivity contribution is 7.99. The molecule has 0 N–H and O–H groups in total. The smallest absolute Gasteiger partial charge is 0.233 e. The van der Waals surface area contributed by atoms with Crippen molar-refractivity contribution in [2.24, 2.45) is 0 Å². The Hall–Kier alpha value is -1.83. The number of hydrogen-bond acceptors (Lipinski definition) is 6. The van der Waals surface area contributed by atoms with Crippen molar-refractivity contribution in [1.29, 1.82) is 0 Å². The fraction of sp³-hybridized carbons (Fsp3) is 0.571. The van der Waals surface area contributed by atoms with Crippen LogP contribution in [0.1, 0.15) is 32.3 Å². The van der Waals surface area contributed by atoms with Gasteiger partial charge < -0.3 is 9.32 Å². The van der Waals surface area contributed by atoms with Crippen molar-refractivity contribution < 1.29 is 9.21 Å². The zero-order valence-electron chi connectivity index (χ0n) is 13.5. The van der Waals surface area contributed by atoms with Gasteiger partial charge in [-0.3, -0.25) is 4.79 Å². The van der Waals surface area contributed by atoms with Gasteiger partial charge in [0.25, 0.3) is 0 Å². The Morgan fingerprint density at radius 1 is 1.41 bits per heavy atom. The van der Waals surface area contributed by atoms with Crippen molar-refractivity contribution in [1.82, 2.24) is 25.1 Å². The Morgan fingerprint density at radius 2 is 2.14 bits per heavy atom. The number of carbonyl (C=O) groups excluding carboxylic acids is 1. The summed E-state index contributed by atoms with van der Waals surface area (Å²) >= 11 is 1.34. The van der Waals surface area contributed by atoms with Gasteiger partial charge in [0, 0.05) is 7.05 Å². The predicted octanol–water partition coefficient (Wildman–Crippen LogP) is 2.08. The first-order chi connectivity index (χ1) is 10.3. The molecule has 0 aliphatic rings. The number of aromatic nitrogens is 4. The van der Waals surface area contributed by atoms with E-state index in [0.29, 0.717) is 11.7 Å². The lowest BCUT2D eigenvalue weighted by atomic mass is 10.1. The molecule has 0 bridgehead atoms. The number of nitrogens with zero attached hydrogens (tertiary/aromatic N) is 5. The molecule has 0 atom stereocenters. The fourth-order valence-corrected chi connectivity index (χ4v) is 2.82. The second-order valence-corrected chi connectivity index (χ2v) is 7.04. The highest BCUT2D eigenvalue weighted by Gasteiger charge is 2.21. The molecule has 7 nitrogen and oxygen atoms in total. The molecule has 0 fully saturated rings. The lowest BCUT2D eigenvalue weighted by molar-refractivity contribution is -0.127. The molecule has 0 aliphatic heterocycles. The predicted molar refractivity (Wildman–Crippen MR) is 83.5 cm³/mol. The van der Waals surface area contributed by atoms with Crippen LogP contribution in [0.2, 0.25) is 0 Å². The van der Waals surface area contributed by atoms with E-state index in [9.17, 15) is 4.79 Å². The van der Waals surface area contributed by atoms with Crippen LogP contribution in [0, 0.1) is 6.92 Å². The first-order valence-electron chi connectivity index (χ1n) is 6.98. The number of aryl methyl sites for hydroxylation is 1. The number of tetrazole rings is 1. The Labute approximate surface area is 134 Å². The molecule has 0 radical (unpaired) electrons. The number of furan rings is 1. The number of amides is 1. The molecule has 0 aliphatic carbocycles. The van der Waals surface area contributed by atoms with Gasteiger partial charge in [-0.2, -0.15) is 0 Å². The molecule has 8 heteroatoms. The third-order valence-corrected chi connectivity index (χ3v) is 3.92. The van der Waals surface area contributed by atoms with Crippen molar-refractivity contribution in [2.75, 3.05) is 12.8 Å². The molecule has 2 heterocycles. The van der Waals surface area contributed by atoms with Crippen LogP contribution in [0.15, 0.2) is 21.7 Å². The summed E-state index contributed by atoms with van der Waals surface area (Å²) in [7, 11) is 1.76. The van der Waals surface area contributed by atoms with Gasteiger partial charge in [0.2, 0.25) is 11.1 Å². The minimum atomic E-state index is -0.216. The van der Waals surface area contributed by atoms with Gasteiger partial charge in [0.15, 0.2) is 0 Å². The normalized spacial score (nSPS) is 11.7. The van der Waals surface area contributed by atoms with E-state index in [1.54, 1.807) is 16.6 Å². The van der Waals surface area contributed by atoms with E-state index in [2.05, 4.69) is 15.5 Å². The molecule has 2 aromatic rings. The molecule has 0 saturated carbocycles. The van der Waals surface area contributed by atoms with Crippen LogP contribution in [-0.2, 0) is 16.9 Å². The van der Waals surface area contributed by atoms with Gasteiger partial charge in [0.05, 0.1) is 17.8 Å². The van der Waals surface area contributed by atoms with Crippen LogP contribution in [0.4, 0.5) is 0 Å². The van der Waals surface area contributed by atoms with Crippen LogP contribution >= 0.6 is 11.8 Å². The third kappa shape index (κ3) is 4.09. The van der Waals surface area contributed by atoms with Crippen LogP contribution in [0.5, 0.6) is 0 Å². The molecular formula is C14H21N5O2S. The van der Waals surface area contributed by atoms with Crippen molar-refractivity contribution >= 4 is 17.7 Å². The molecule has 2 aromatic heterocycles. The summed E-state index contributed by atoms with van der Waals surface area (Å²) in [4.78, 5) is 13.8. The van der Waals surface area contributed by atoms with Crippen molar-refractivity contribution in [3.8, 4) is 0 Å². The van der Waals surface area contributed by atoms with Gasteiger partial charge in [-0.15, -0.1) is 5.10 Å². The average Bonchev–Trinajstić information content (AvgIpc) is 3.04. The summed E-state index contributed by atoms with van der Waals surface area (Å²) in [5.41, 5.74) is -0.216. The summed E-state index contributed by atoms with van der Waals surface area (Å²) in [6, 6.07) is 3.77. The van der Waals surface area contributed by atoms with Crippen molar-refractivity contribution in [3.63, 3.8) is 0 Å². The molecule has 120 valence electrons. The number of hydrogen-bond donors (Lipinski definition) is 0. The maximum Gasteiger partial charge on any atom is 0.233 e. The molecule has 2 rings (SSSR count). The van der Waals surface area contributed by atoms with Gasteiger partial charge in [-0.25, -0.2) is 4.68 Å². The summed E-state index contributed by atoms with van der Waals surface area (Å²) in [6.45, 7) is 8.38. The number of thioether (sulfide) groups is 1. The monoisotopic (exact) mass is 323 g/mol. The molecule has 0 aromatic carbocycles. The first kappa shape index (κ1) is 16.5. The number of carbonyl (C=O) groups is 1. The lowest BCUT2D eigenvalue weighted by Crippen LogP contribution is -2.28. The molecule has 1 amide bonds. The zero-order chi connectivity index (χ0) is 16.3. The molecular weight excluding hydrogens is 302 g/mol. The van der Waals surface area contributed by atoms with E-state index >= 15 is 0 Å².